The maximum atomic E-state index is 14.3. The van der Waals surface area contributed by atoms with E-state index in [9.17, 15) is 14.4 Å². The first-order chi connectivity index (χ1) is 19.2. The molecule has 1 aromatic heterocycles. The summed E-state index contributed by atoms with van der Waals surface area (Å²) < 4.78 is 9.61. The molecular weight excluding hydrogens is 526 g/mol. The maximum Gasteiger partial charge on any atom is 0.273 e. The average molecular weight is 558 g/mol. The van der Waals surface area contributed by atoms with E-state index in [1.54, 1.807) is 24.3 Å². The Hall–Kier alpha value is -4.70. The Morgan fingerprint density at radius 1 is 1.02 bits per heavy atom. The van der Waals surface area contributed by atoms with Crippen molar-refractivity contribution in [3.63, 3.8) is 0 Å². The van der Waals surface area contributed by atoms with E-state index in [1.165, 1.54) is 4.90 Å². The molecule has 0 spiro atoms. The number of hydrogen-bond donors (Lipinski definition) is 3. The van der Waals surface area contributed by atoms with E-state index in [0.29, 0.717) is 23.6 Å². The Balaban J connectivity index is 1.86. The topological polar surface area (TPSA) is 141 Å². The smallest absolute Gasteiger partial charge is 0.273 e. The fraction of sp³-hybridized carbons (Fsp3) is 0.200. The molecule has 1 heterocycles. The summed E-state index contributed by atoms with van der Waals surface area (Å²) in [4.78, 5) is 41.6. The van der Waals surface area contributed by atoms with Crippen LogP contribution in [0.3, 0.4) is 0 Å². The van der Waals surface area contributed by atoms with E-state index in [2.05, 4.69) is 9.69 Å². The van der Waals surface area contributed by atoms with Crippen LogP contribution in [0.4, 0.5) is 11.4 Å². The molecule has 0 saturated carbocycles. The lowest BCUT2D eigenvalue weighted by molar-refractivity contribution is -0.122. The number of nitrogen functional groups attached to an aromatic ring is 1. The third kappa shape index (κ3) is 6.13. The Kier molecular flexibility index (Phi) is 8.80. The summed E-state index contributed by atoms with van der Waals surface area (Å²) in [6, 6.07) is 21.1. The van der Waals surface area contributed by atoms with Crippen LogP contribution < -0.4 is 26.4 Å². The van der Waals surface area contributed by atoms with Crippen LogP contribution in [0.15, 0.2) is 72.8 Å². The van der Waals surface area contributed by atoms with E-state index in [0.717, 1.165) is 28.2 Å². The minimum absolute atomic E-state index is 0.0153. The molecule has 0 aliphatic rings. The molecule has 4 rings (SSSR count). The molecule has 0 saturated heterocycles. The summed E-state index contributed by atoms with van der Waals surface area (Å²) in [6.45, 7) is 6.39. The van der Waals surface area contributed by atoms with Crippen LogP contribution in [-0.4, -0.2) is 28.7 Å². The highest BCUT2D eigenvalue weighted by Crippen LogP contribution is 2.36. The number of carbonyl (C=O) groups excluding carboxylic acids is 3. The molecule has 0 bridgehead atoms. The second-order valence-electron chi connectivity index (χ2n) is 9.21. The number of benzene rings is 3. The van der Waals surface area contributed by atoms with Crippen molar-refractivity contribution in [2.24, 2.45) is 5.73 Å². The van der Waals surface area contributed by atoms with Gasteiger partial charge in [-0.05, 0) is 72.8 Å². The van der Waals surface area contributed by atoms with Crippen molar-refractivity contribution in [3.8, 4) is 5.75 Å². The minimum Gasteiger partial charge on any atom is -0.494 e. The summed E-state index contributed by atoms with van der Waals surface area (Å²) in [5.41, 5.74) is 14.9. The largest absolute Gasteiger partial charge is 0.494 e. The van der Waals surface area contributed by atoms with Crippen LogP contribution in [-0.2, 0) is 11.3 Å². The molecule has 40 heavy (non-hydrogen) atoms. The fourth-order valence-corrected chi connectivity index (χ4v) is 5.04. The van der Waals surface area contributed by atoms with Crippen LogP contribution in [0.25, 0.3) is 0 Å². The van der Waals surface area contributed by atoms with Crippen LogP contribution in [0.2, 0.25) is 0 Å². The van der Waals surface area contributed by atoms with Crippen LogP contribution in [0, 0.1) is 13.8 Å². The molecule has 10 heteroatoms. The fourth-order valence-electron chi connectivity index (χ4n) is 4.30. The number of nitrogens with zero attached hydrogens (tertiary/aromatic N) is 2. The highest BCUT2D eigenvalue weighted by Gasteiger charge is 2.36. The summed E-state index contributed by atoms with van der Waals surface area (Å²) >= 11 is 0.770. The van der Waals surface area contributed by atoms with Crippen molar-refractivity contribution in [2.45, 2.75) is 33.4 Å². The molecule has 206 valence electrons. The maximum absolute atomic E-state index is 14.3. The SMILES string of the molecule is CCOc1ccc([C@@H](C(=O)NCc2ccccc2)N(C(=O)c2snc(C(N)=O)c2N)c2cc(C)ccc2C)cc1. The van der Waals surface area contributed by atoms with E-state index in [-0.39, 0.29) is 22.8 Å². The minimum atomic E-state index is -1.09. The molecular formula is C30H31N5O4S. The highest BCUT2D eigenvalue weighted by atomic mass is 32.1. The second-order valence-corrected chi connectivity index (χ2v) is 9.98. The van der Waals surface area contributed by atoms with Crippen molar-refractivity contribution < 1.29 is 19.1 Å². The summed E-state index contributed by atoms with van der Waals surface area (Å²) in [7, 11) is 0. The lowest BCUT2D eigenvalue weighted by Gasteiger charge is -2.32. The van der Waals surface area contributed by atoms with Crippen molar-refractivity contribution in [1.29, 1.82) is 0 Å². The van der Waals surface area contributed by atoms with E-state index < -0.39 is 23.8 Å². The molecule has 0 unspecified atom stereocenters. The van der Waals surface area contributed by atoms with Crippen molar-refractivity contribution in [3.05, 3.63) is 106 Å². The Morgan fingerprint density at radius 2 is 1.73 bits per heavy atom. The van der Waals surface area contributed by atoms with Crippen LogP contribution in [0.1, 0.15) is 55.4 Å². The Labute approximate surface area is 236 Å². The molecule has 5 N–H and O–H groups in total. The first-order valence-corrected chi connectivity index (χ1v) is 13.5. The summed E-state index contributed by atoms with van der Waals surface area (Å²) in [5, 5.41) is 2.98. The number of rotatable bonds is 10. The molecule has 0 radical (unpaired) electrons. The van der Waals surface area contributed by atoms with Gasteiger partial charge in [0.05, 0.1) is 12.3 Å². The van der Waals surface area contributed by atoms with Gasteiger partial charge in [0.25, 0.3) is 11.8 Å². The first-order valence-electron chi connectivity index (χ1n) is 12.7. The van der Waals surface area contributed by atoms with Gasteiger partial charge in [-0.3, -0.25) is 19.3 Å². The molecule has 0 aliphatic heterocycles. The lowest BCUT2D eigenvalue weighted by Crippen LogP contribution is -2.44. The van der Waals surface area contributed by atoms with Gasteiger partial charge in [-0.15, -0.1) is 0 Å². The zero-order chi connectivity index (χ0) is 28.8. The molecule has 4 aromatic rings. The van der Waals surface area contributed by atoms with Crippen molar-refractivity contribution in [2.75, 3.05) is 17.2 Å². The lowest BCUT2D eigenvalue weighted by atomic mass is 10.00. The molecule has 3 amide bonds. The molecule has 3 aromatic carbocycles. The Bertz CT molecular complexity index is 1520. The number of nitrogens with one attached hydrogen (secondary N) is 1. The quantitative estimate of drug-likeness (QED) is 0.261. The average Bonchev–Trinajstić information content (AvgIpc) is 3.34. The van der Waals surface area contributed by atoms with Crippen molar-refractivity contribution >= 4 is 40.6 Å². The van der Waals surface area contributed by atoms with Crippen LogP contribution in [0.5, 0.6) is 5.75 Å². The number of anilines is 2. The number of aryl methyl sites for hydroxylation is 2. The monoisotopic (exact) mass is 557 g/mol. The molecule has 0 aliphatic carbocycles. The Morgan fingerprint density at radius 3 is 2.35 bits per heavy atom. The van der Waals surface area contributed by atoms with Gasteiger partial charge < -0.3 is 21.5 Å². The zero-order valence-corrected chi connectivity index (χ0v) is 23.3. The molecule has 0 fully saturated rings. The van der Waals surface area contributed by atoms with Crippen LogP contribution >= 0.6 is 11.5 Å². The van der Waals surface area contributed by atoms with E-state index >= 15 is 0 Å². The third-order valence-electron chi connectivity index (χ3n) is 6.32. The second kappa shape index (κ2) is 12.4. The van der Waals surface area contributed by atoms with Gasteiger partial charge in [0, 0.05) is 12.2 Å². The number of carbonyl (C=O) groups is 3. The summed E-state index contributed by atoms with van der Waals surface area (Å²) in [6.07, 6.45) is 0. The van der Waals surface area contributed by atoms with Gasteiger partial charge in [-0.1, -0.05) is 54.6 Å². The summed E-state index contributed by atoms with van der Waals surface area (Å²) in [5.74, 6) is -1.18. The van der Waals surface area contributed by atoms with Gasteiger partial charge in [0.2, 0.25) is 5.91 Å². The number of primary amides is 1. The van der Waals surface area contributed by atoms with Gasteiger partial charge in [-0.2, -0.15) is 4.37 Å². The van der Waals surface area contributed by atoms with Gasteiger partial charge in [0.15, 0.2) is 5.69 Å². The molecule has 9 nitrogen and oxygen atoms in total. The predicted octanol–water partition coefficient (Wildman–Crippen LogP) is 4.54. The number of hydrogen-bond acceptors (Lipinski definition) is 7. The standard InChI is InChI=1S/C30H31N5O4S/c1-4-39-22-14-12-21(13-15-22)26(29(37)33-17-20-8-6-5-7-9-20)35(23-16-18(2)10-11-19(23)3)30(38)27-24(31)25(28(32)36)34-40-27/h5-16,26H,4,17,31H2,1-3H3,(H2,32,36)(H,33,37)/t26-/m0/s1. The normalized spacial score (nSPS) is 11.5. The van der Waals surface area contributed by atoms with Gasteiger partial charge in [0.1, 0.15) is 16.7 Å². The number of ether oxygens (including phenoxy) is 1. The third-order valence-corrected chi connectivity index (χ3v) is 7.17. The van der Waals surface area contributed by atoms with E-state index in [4.69, 9.17) is 16.2 Å². The van der Waals surface area contributed by atoms with E-state index in [1.807, 2.05) is 69.3 Å². The predicted molar refractivity (Wildman–Crippen MR) is 156 cm³/mol. The van der Waals surface area contributed by atoms with Gasteiger partial charge >= 0.3 is 0 Å². The highest BCUT2D eigenvalue weighted by molar-refractivity contribution is 7.09. The van der Waals surface area contributed by atoms with Gasteiger partial charge in [-0.25, -0.2) is 0 Å². The first kappa shape index (κ1) is 28.3. The number of amides is 3. The zero-order valence-electron chi connectivity index (χ0n) is 22.5. The van der Waals surface area contributed by atoms with Crippen molar-refractivity contribution in [1.82, 2.24) is 9.69 Å². The number of aromatic nitrogens is 1. The molecule has 1 atom stereocenters. The number of nitrogens with two attached hydrogens (primary N) is 2.